The fraction of sp³-hybridized carbons (Fsp3) is 0.174. The van der Waals surface area contributed by atoms with Gasteiger partial charge in [0.1, 0.15) is 10.6 Å². The summed E-state index contributed by atoms with van der Waals surface area (Å²) in [6.45, 7) is 2.25. The molecule has 0 bridgehead atoms. The quantitative estimate of drug-likeness (QED) is 0.567. The molecular formula is C23H22N2O6S. The number of carbonyl (C=O) groups is 1. The third-order valence-electron chi connectivity index (χ3n) is 4.91. The van der Waals surface area contributed by atoms with Gasteiger partial charge in [0.05, 0.1) is 18.4 Å². The minimum atomic E-state index is -3.99. The number of anilines is 1. The van der Waals surface area contributed by atoms with Gasteiger partial charge in [-0.15, -0.1) is 0 Å². The van der Waals surface area contributed by atoms with E-state index in [4.69, 9.17) is 14.2 Å². The number of amides is 1. The Balaban J connectivity index is 1.53. The number of fused-ring (bicyclic) bond motifs is 1. The monoisotopic (exact) mass is 454 g/mol. The van der Waals surface area contributed by atoms with E-state index in [2.05, 4.69) is 10.0 Å². The smallest absolute Gasteiger partial charge is 0.265 e. The van der Waals surface area contributed by atoms with E-state index in [1.165, 1.54) is 19.2 Å². The lowest BCUT2D eigenvalue weighted by Crippen LogP contribution is -2.25. The van der Waals surface area contributed by atoms with Gasteiger partial charge < -0.3 is 19.5 Å². The van der Waals surface area contributed by atoms with Crippen LogP contribution in [0.25, 0.3) is 0 Å². The summed E-state index contributed by atoms with van der Waals surface area (Å²) in [6, 6.07) is 16.6. The summed E-state index contributed by atoms with van der Waals surface area (Å²) in [5, 5.41) is 2.81. The fourth-order valence-corrected chi connectivity index (χ4v) is 4.53. The van der Waals surface area contributed by atoms with E-state index in [0.717, 1.165) is 11.1 Å². The molecule has 0 aromatic heterocycles. The summed E-state index contributed by atoms with van der Waals surface area (Å²) in [7, 11) is -2.58. The van der Waals surface area contributed by atoms with Crippen LogP contribution in [-0.4, -0.2) is 28.2 Å². The second-order valence-electron chi connectivity index (χ2n) is 7.18. The van der Waals surface area contributed by atoms with Crippen LogP contribution in [0.4, 0.5) is 5.69 Å². The van der Waals surface area contributed by atoms with Crippen LogP contribution in [0.5, 0.6) is 17.2 Å². The van der Waals surface area contributed by atoms with Crippen molar-refractivity contribution >= 4 is 21.6 Å². The van der Waals surface area contributed by atoms with E-state index in [-0.39, 0.29) is 35.2 Å². The van der Waals surface area contributed by atoms with Crippen LogP contribution in [0.1, 0.15) is 21.5 Å². The number of rotatable bonds is 7. The van der Waals surface area contributed by atoms with E-state index in [1.54, 1.807) is 42.5 Å². The molecule has 0 fully saturated rings. The standard InChI is InChI=1S/C23H22N2O6S/c1-15-7-10-22(21(11-15)29-2)32(27,28)25-18-6-4-3-5-17(18)23(26)24-13-16-8-9-19-20(12-16)31-14-30-19/h3-12,25H,13-14H2,1-2H3,(H,24,26). The summed E-state index contributed by atoms with van der Waals surface area (Å²) in [5.74, 6) is 1.09. The van der Waals surface area contributed by atoms with Crippen molar-refractivity contribution < 1.29 is 27.4 Å². The van der Waals surface area contributed by atoms with Crippen LogP contribution in [0.2, 0.25) is 0 Å². The molecule has 0 atom stereocenters. The molecule has 0 radical (unpaired) electrons. The zero-order valence-electron chi connectivity index (χ0n) is 17.5. The Morgan fingerprint density at radius 2 is 1.81 bits per heavy atom. The molecule has 0 saturated carbocycles. The molecule has 0 spiro atoms. The van der Waals surface area contributed by atoms with Gasteiger partial charge in [-0.1, -0.05) is 24.3 Å². The number of sulfonamides is 1. The van der Waals surface area contributed by atoms with Gasteiger partial charge in [0, 0.05) is 6.54 Å². The topological polar surface area (TPSA) is 103 Å². The van der Waals surface area contributed by atoms with Gasteiger partial charge in [-0.05, 0) is 54.4 Å². The molecule has 0 aliphatic carbocycles. The number of carbonyl (C=O) groups excluding carboxylic acids is 1. The minimum absolute atomic E-state index is 0.0128. The number of hydrogen-bond donors (Lipinski definition) is 2. The average Bonchev–Trinajstić information content (AvgIpc) is 3.25. The third kappa shape index (κ3) is 4.47. The predicted octanol–water partition coefficient (Wildman–Crippen LogP) is 3.46. The predicted molar refractivity (Wildman–Crippen MR) is 119 cm³/mol. The fourth-order valence-electron chi connectivity index (χ4n) is 3.30. The van der Waals surface area contributed by atoms with Crippen LogP contribution in [0.3, 0.4) is 0 Å². The Bertz CT molecular complexity index is 1270. The van der Waals surface area contributed by atoms with E-state index in [0.29, 0.717) is 11.5 Å². The second-order valence-corrected chi connectivity index (χ2v) is 8.83. The van der Waals surface area contributed by atoms with Gasteiger partial charge in [-0.25, -0.2) is 8.42 Å². The van der Waals surface area contributed by atoms with Crippen molar-refractivity contribution in [3.63, 3.8) is 0 Å². The molecule has 8 nitrogen and oxygen atoms in total. The maximum atomic E-state index is 13.0. The molecule has 1 aliphatic heterocycles. The van der Waals surface area contributed by atoms with Gasteiger partial charge in [-0.3, -0.25) is 9.52 Å². The van der Waals surface area contributed by atoms with Crippen LogP contribution >= 0.6 is 0 Å². The molecule has 166 valence electrons. The Kier molecular flexibility index (Phi) is 5.91. The summed E-state index contributed by atoms with van der Waals surface area (Å²) >= 11 is 0. The Morgan fingerprint density at radius 1 is 1.03 bits per heavy atom. The van der Waals surface area contributed by atoms with E-state index in [9.17, 15) is 13.2 Å². The van der Waals surface area contributed by atoms with E-state index in [1.807, 2.05) is 13.0 Å². The molecule has 0 unspecified atom stereocenters. The molecule has 9 heteroatoms. The number of hydrogen-bond acceptors (Lipinski definition) is 6. The van der Waals surface area contributed by atoms with Gasteiger partial charge in [0.15, 0.2) is 11.5 Å². The lowest BCUT2D eigenvalue weighted by molar-refractivity contribution is 0.0951. The Morgan fingerprint density at radius 3 is 2.62 bits per heavy atom. The molecule has 1 amide bonds. The van der Waals surface area contributed by atoms with Crippen LogP contribution in [-0.2, 0) is 16.6 Å². The first-order valence-corrected chi connectivity index (χ1v) is 11.3. The minimum Gasteiger partial charge on any atom is -0.495 e. The molecule has 3 aromatic rings. The van der Waals surface area contributed by atoms with Crippen molar-refractivity contribution in [2.45, 2.75) is 18.4 Å². The second kappa shape index (κ2) is 8.80. The Labute approximate surface area is 186 Å². The summed E-state index contributed by atoms with van der Waals surface area (Å²) in [4.78, 5) is 12.8. The SMILES string of the molecule is COc1cc(C)ccc1S(=O)(=O)Nc1ccccc1C(=O)NCc1ccc2c(c1)OCO2. The number of para-hydroxylation sites is 1. The van der Waals surface area contributed by atoms with Crippen molar-refractivity contribution in [3.05, 3.63) is 77.4 Å². The molecule has 0 saturated heterocycles. The van der Waals surface area contributed by atoms with Crippen LogP contribution in [0, 0.1) is 6.92 Å². The summed E-state index contributed by atoms with van der Waals surface area (Å²) in [5.41, 5.74) is 2.05. The van der Waals surface area contributed by atoms with Gasteiger partial charge >= 0.3 is 0 Å². The zero-order valence-corrected chi connectivity index (χ0v) is 18.4. The van der Waals surface area contributed by atoms with Gasteiger partial charge in [0.25, 0.3) is 15.9 Å². The highest BCUT2D eigenvalue weighted by Gasteiger charge is 2.22. The number of ether oxygens (including phenoxy) is 3. The molecule has 1 heterocycles. The van der Waals surface area contributed by atoms with Crippen molar-refractivity contribution in [1.82, 2.24) is 5.32 Å². The maximum Gasteiger partial charge on any atom is 0.265 e. The van der Waals surface area contributed by atoms with Crippen LogP contribution < -0.4 is 24.2 Å². The molecule has 1 aliphatic rings. The lowest BCUT2D eigenvalue weighted by Gasteiger charge is -2.15. The first-order chi connectivity index (χ1) is 15.4. The molecule has 2 N–H and O–H groups in total. The zero-order chi connectivity index (χ0) is 22.7. The number of aryl methyl sites for hydroxylation is 1. The molecule has 32 heavy (non-hydrogen) atoms. The largest absolute Gasteiger partial charge is 0.495 e. The highest BCUT2D eigenvalue weighted by Crippen LogP contribution is 2.32. The first-order valence-electron chi connectivity index (χ1n) is 9.80. The molecular weight excluding hydrogens is 432 g/mol. The van der Waals surface area contributed by atoms with Crippen LogP contribution in [0.15, 0.2) is 65.6 Å². The normalized spacial score (nSPS) is 12.3. The van der Waals surface area contributed by atoms with Crippen molar-refractivity contribution in [2.75, 3.05) is 18.6 Å². The first kappa shape index (κ1) is 21.5. The summed E-state index contributed by atoms with van der Waals surface area (Å²) < 4.78 is 44.4. The highest BCUT2D eigenvalue weighted by atomic mass is 32.2. The molecule has 3 aromatic carbocycles. The maximum absolute atomic E-state index is 13.0. The number of nitrogens with one attached hydrogen (secondary N) is 2. The third-order valence-corrected chi connectivity index (χ3v) is 6.32. The van der Waals surface area contributed by atoms with Crippen molar-refractivity contribution in [3.8, 4) is 17.2 Å². The van der Waals surface area contributed by atoms with Gasteiger partial charge in [0.2, 0.25) is 6.79 Å². The summed E-state index contributed by atoms with van der Waals surface area (Å²) in [6.07, 6.45) is 0. The highest BCUT2D eigenvalue weighted by molar-refractivity contribution is 7.92. The number of benzene rings is 3. The average molecular weight is 455 g/mol. The van der Waals surface area contributed by atoms with E-state index >= 15 is 0 Å². The van der Waals surface area contributed by atoms with Crippen molar-refractivity contribution in [2.24, 2.45) is 0 Å². The van der Waals surface area contributed by atoms with Gasteiger partial charge in [-0.2, -0.15) is 0 Å². The number of methoxy groups -OCH3 is 1. The van der Waals surface area contributed by atoms with Crippen molar-refractivity contribution in [1.29, 1.82) is 0 Å². The van der Waals surface area contributed by atoms with E-state index < -0.39 is 15.9 Å². The molecule has 4 rings (SSSR count). The Hall–Kier alpha value is -3.72. The lowest BCUT2D eigenvalue weighted by atomic mass is 10.1.